The summed E-state index contributed by atoms with van der Waals surface area (Å²) >= 11 is 0. The topological polar surface area (TPSA) is 102 Å². The average molecular weight is 271 g/mol. The molecule has 1 aromatic carbocycles. The molecule has 7 nitrogen and oxygen atoms in total. The SMILES string of the molecule is COc1ccc(N2CC(CN=[N+]=[N-])CC2=O)c(C#N)c1. The third-order valence-electron chi connectivity index (χ3n) is 3.22. The van der Waals surface area contributed by atoms with Crippen LogP contribution in [0.2, 0.25) is 0 Å². The molecule has 1 aliphatic rings. The van der Waals surface area contributed by atoms with E-state index < -0.39 is 0 Å². The molecule has 1 heterocycles. The van der Waals surface area contributed by atoms with Crippen molar-refractivity contribution in [1.29, 1.82) is 5.26 Å². The number of hydrogen-bond donors (Lipinski definition) is 0. The Balaban J connectivity index is 2.26. The summed E-state index contributed by atoms with van der Waals surface area (Å²) in [7, 11) is 1.52. The molecule has 0 aliphatic carbocycles. The van der Waals surface area contributed by atoms with Gasteiger partial charge in [-0.05, 0) is 29.6 Å². The average Bonchev–Trinajstić information content (AvgIpc) is 2.85. The van der Waals surface area contributed by atoms with Crippen LogP contribution in [-0.2, 0) is 4.79 Å². The first-order valence-corrected chi connectivity index (χ1v) is 6.09. The number of amides is 1. The van der Waals surface area contributed by atoms with Gasteiger partial charge in [0, 0.05) is 24.4 Å². The summed E-state index contributed by atoms with van der Waals surface area (Å²) < 4.78 is 5.07. The summed E-state index contributed by atoms with van der Waals surface area (Å²) in [4.78, 5) is 16.3. The first-order valence-electron chi connectivity index (χ1n) is 6.09. The van der Waals surface area contributed by atoms with Crippen molar-refractivity contribution < 1.29 is 9.53 Å². The van der Waals surface area contributed by atoms with Gasteiger partial charge in [-0.1, -0.05) is 5.11 Å². The van der Waals surface area contributed by atoms with Crippen LogP contribution in [0.3, 0.4) is 0 Å². The van der Waals surface area contributed by atoms with Crippen molar-refractivity contribution >= 4 is 11.6 Å². The number of ether oxygens (including phenoxy) is 1. The molecular formula is C13H13N5O2. The molecule has 1 fully saturated rings. The molecule has 1 atom stereocenters. The number of nitrogens with zero attached hydrogens (tertiary/aromatic N) is 5. The van der Waals surface area contributed by atoms with E-state index in [1.807, 2.05) is 0 Å². The largest absolute Gasteiger partial charge is 0.497 e. The van der Waals surface area contributed by atoms with Crippen LogP contribution in [0.15, 0.2) is 23.3 Å². The minimum Gasteiger partial charge on any atom is -0.497 e. The Morgan fingerprint density at radius 2 is 2.45 bits per heavy atom. The molecule has 0 spiro atoms. The number of carbonyl (C=O) groups excluding carboxylic acids is 1. The molecule has 7 heteroatoms. The van der Waals surface area contributed by atoms with Gasteiger partial charge in [0.1, 0.15) is 11.8 Å². The predicted molar refractivity (Wildman–Crippen MR) is 72.2 cm³/mol. The van der Waals surface area contributed by atoms with Crippen molar-refractivity contribution in [3.05, 3.63) is 34.2 Å². The molecule has 0 N–H and O–H groups in total. The van der Waals surface area contributed by atoms with Crippen molar-refractivity contribution in [1.82, 2.24) is 0 Å². The van der Waals surface area contributed by atoms with Gasteiger partial charge in [-0.15, -0.1) is 0 Å². The fourth-order valence-corrected chi connectivity index (χ4v) is 2.26. The van der Waals surface area contributed by atoms with E-state index in [1.165, 1.54) is 7.11 Å². The van der Waals surface area contributed by atoms with Crippen LogP contribution in [0, 0.1) is 17.2 Å². The fourth-order valence-electron chi connectivity index (χ4n) is 2.26. The highest BCUT2D eigenvalue weighted by molar-refractivity contribution is 5.97. The van der Waals surface area contributed by atoms with Crippen molar-refractivity contribution in [2.45, 2.75) is 6.42 Å². The zero-order chi connectivity index (χ0) is 14.5. The standard InChI is InChI=1S/C13H13N5O2/c1-20-11-2-3-12(10(5-11)6-14)18-8-9(4-13(18)19)7-16-17-15/h2-3,5,9H,4,7-8H2,1H3. The molecule has 0 aromatic heterocycles. The lowest BCUT2D eigenvalue weighted by atomic mass is 10.1. The third kappa shape index (κ3) is 2.66. The van der Waals surface area contributed by atoms with Crippen LogP contribution in [0.5, 0.6) is 5.75 Å². The molecule has 20 heavy (non-hydrogen) atoms. The van der Waals surface area contributed by atoms with Crippen LogP contribution in [0.4, 0.5) is 5.69 Å². The smallest absolute Gasteiger partial charge is 0.227 e. The van der Waals surface area contributed by atoms with Crippen molar-refractivity contribution in [3.8, 4) is 11.8 Å². The number of methoxy groups -OCH3 is 1. The third-order valence-corrected chi connectivity index (χ3v) is 3.22. The van der Waals surface area contributed by atoms with Gasteiger partial charge in [0.25, 0.3) is 0 Å². The number of hydrogen-bond acceptors (Lipinski definition) is 4. The minimum atomic E-state index is -0.0650. The van der Waals surface area contributed by atoms with Gasteiger partial charge in [-0.3, -0.25) is 4.79 Å². The maximum Gasteiger partial charge on any atom is 0.227 e. The lowest BCUT2D eigenvalue weighted by Gasteiger charge is -2.18. The summed E-state index contributed by atoms with van der Waals surface area (Å²) in [6.45, 7) is 0.746. The molecule has 1 aliphatic heterocycles. The summed E-state index contributed by atoms with van der Waals surface area (Å²) in [5.41, 5.74) is 9.28. The monoisotopic (exact) mass is 271 g/mol. The van der Waals surface area contributed by atoms with Gasteiger partial charge < -0.3 is 9.64 Å². The zero-order valence-corrected chi connectivity index (χ0v) is 11.0. The highest BCUT2D eigenvalue weighted by Crippen LogP contribution is 2.30. The molecule has 2 rings (SSSR count). The molecule has 0 radical (unpaired) electrons. The number of nitriles is 1. The molecule has 1 saturated heterocycles. The van der Waals surface area contributed by atoms with E-state index in [4.69, 9.17) is 10.3 Å². The molecular weight excluding hydrogens is 258 g/mol. The van der Waals surface area contributed by atoms with Gasteiger partial charge in [0.05, 0.1) is 18.4 Å². The van der Waals surface area contributed by atoms with Gasteiger partial charge in [-0.25, -0.2) is 0 Å². The Morgan fingerprint density at radius 1 is 1.65 bits per heavy atom. The van der Waals surface area contributed by atoms with E-state index in [2.05, 4.69) is 16.1 Å². The Kier molecular flexibility index (Phi) is 4.08. The molecule has 1 aromatic rings. The van der Waals surface area contributed by atoms with Crippen molar-refractivity contribution in [3.63, 3.8) is 0 Å². The van der Waals surface area contributed by atoms with Gasteiger partial charge in [0.2, 0.25) is 5.91 Å². The van der Waals surface area contributed by atoms with Crippen LogP contribution in [0.1, 0.15) is 12.0 Å². The van der Waals surface area contributed by atoms with E-state index in [-0.39, 0.29) is 18.4 Å². The molecule has 102 valence electrons. The van der Waals surface area contributed by atoms with E-state index in [0.717, 1.165) is 0 Å². The minimum absolute atomic E-state index is 0.00737. The fraction of sp³-hybridized carbons (Fsp3) is 0.385. The normalized spacial score (nSPS) is 17.5. The molecule has 0 bridgehead atoms. The number of rotatable bonds is 4. The number of azide groups is 1. The number of anilines is 1. The van der Waals surface area contributed by atoms with E-state index in [1.54, 1.807) is 23.1 Å². The Hall–Kier alpha value is -2.71. The first kappa shape index (κ1) is 13.7. The molecule has 0 saturated carbocycles. The summed E-state index contributed by atoms with van der Waals surface area (Å²) in [6, 6.07) is 7.08. The second-order valence-electron chi connectivity index (χ2n) is 4.48. The van der Waals surface area contributed by atoms with Crippen LogP contribution >= 0.6 is 0 Å². The molecule has 1 amide bonds. The Bertz CT molecular complexity index is 616. The highest BCUT2D eigenvalue weighted by atomic mass is 16.5. The zero-order valence-electron chi connectivity index (χ0n) is 11.0. The lowest BCUT2D eigenvalue weighted by Crippen LogP contribution is -2.25. The van der Waals surface area contributed by atoms with Crippen molar-refractivity contribution in [2.75, 3.05) is 25.1 Å². The van der Waals surface area contributed by atoms with Crippen molar-refractivity contribution in [2.24, 2.45) is 11.0 Å². The maximum atomic E-state index is 12.0. The second-order valence-corrected chi connectivity index (χ2v) is 4.48. The summed E-state index contributed by atoms with van der Waals surface area (Å²) in [6.07, 6.45) is 0.329. The van der Waals surface area contributed by atoms with E-state index in [0.29, 0.717) is 30.0 Å². The van der Waals surface area contributed by atoms with Gasteiger partial charge in [0.15, 0.2) is 0 Å². The second kappa shape index (κ2) is 5.95. The van der Waals surface area contributed by atoms with Crippen LogP contribution in [0.25, 0.3) is 10.4 Å². The highest BCUT2D eigenvalue weighted by Gasteiger charge is 2.31. The Morgan fingerprint density at radius 3 is 3.10 bits per heavy atom. The Labute approximate surface area is 116 Å². The summed E-state index contributed by atoms with van der Waals surface area (Å²) in [5.74, 6) is 0.499. The predicted octanol–water partition coefficient (Wildman–Crippen LogP) is 2.23. The maximum absolute atomic E-state index is 12.0. The quantitative estimate of drug-likeness (QED) is 0.476. The van der Waals surface area contributed by atoms with E-state index >= 15 is 0 Å². The lowest BCUT2D eigenvalue weighted by molar-refractivity contribution is -0.117. The van der Waals surface area contributed by atoms with Crippen LogP contribution < -0.4 is 9.64 Å². The van der Waals surface area contributed by atoms with Gasteiger partial charge >= 0.3 is 0 Å². The first-order chi connectivity index (χ1) is 9.69. The van der Waals surface area contributed by atoms with E-state index in [9.17, 15) is 10.1 Å². The number of benzene rings is 1. The van der Waals surface area contributed by atoms with Gasteiger partial charge in [-0.2, -0.15) is 5.26 Å². The molecule has 1 unspecified atom stereocenters. The number of carbonyl (C=O) groups is 1. The van der Waals surface area contributed by atoms with Crippen LogP contribution in [-0.4, -0.2) is 26.1 Å². The summed E-state index contributed by atoms with van der Waals surface area (Å²) in [5, 5.41) is 12.7.